The van der Waals surface area contributed by atoms with E-state index in [-0.39, 0.29) is 17.3 Å². The second-order valence-electron chi connectivity index (χ2n) is 5.77. The molecule has 1 amide bonds. The van der Waals surface area contributed by atoms with Gasteiger partial charge in [0.15, 0.2) is 0 Å². The topological polar surface area (TPSA) is 46.1 Å². The predicted molar refractivity (Wildman–Crippen MR) is 78.7 cm³/mol. The fourth-order valence-corrected chi connectivity index (χ4v) is 3.49. The van der Waals surface area contributed by atoms with Gasteiger partial charge in [-0.25, -0.2) is 9.97 Å². The van der Waals surface area contributed by atoms with E-state index in [2.05, 4.69) is 35.3 Å². The van der Waals surface area contributed by atoms with Crippen molar-refractivity contribution in [3.63, 3.8) is 0 Å². The molecule has 2 aromatic rings. The van der Waals surface area contributed by atoms with Gasteiger partial charge in [-0.3, -0.25) is 4.79 Å². The van der Waals surface area contributed by atoms with E-state index in [1.165, 1.54) is 10.4 Å². The second-order valence-corrected chi connectivity index (χ2v) is 6.77. The summed E-state index contributed by atoms with van der Waals surface area (Å²) in [5, 5.41) is 2.10. The Bertz CT molecular complexity index is 663. The maximum atomic E-state index is 12.7. The standard InChI is InChI=1S/C15H17N3OS/c1-10-4-6-16-13(17-10)14(19)18-9-12-11(5-7-20-12)8-15(18,2)3/h4-7H,8-9H2,1-3H3. The van der Waals surface area contributed by atoms with E-state index in [1.807, 2.05) is 11.8 Å². The molecule has 0 N–H and O–H groups in total. The predicted octanol–water partition coefficient (Wildman–Crippen LogP) is 2.82. The van der Waals surface area contributed by atoms with E-state index in [1.54, 1.807) is 23.6 Å². The Balaban J connectivity index is 1.95. The summed E-state index contributed by atoms with van der Waals surface area (Å²) < 4.78 is 0. The lowest BCUT2D eigenvalue weighted by molar-refractivity contribution is 0.0481. The van der Waals surface area contributed by atoms with Crippen molar-refractivity contribution < 1.29 is 4.79 Å². The van der Waals surface area contributed by atoms with Crippen LogP contribution in [0.15, 0.2) is 23.7 Å². The molecule has 2 aromatic heterocycles. The number of amides is 1. The summed E-state index contributed by atoms with van der Waals surface area (Å²) in [6.07, 6.45) is 2.52. The van der Waals surface area contributed by atoms with Crippen molar-refractivity contribution in [2.24, 2.45) is 0 Å². The number of rotatable bonds is 1. The van der Waals surface area contributed by atoms with E-state index in [0.29, 0.717) is 6.54 Å². The molecule has 0 bridgehead atoms. The molecule has 3 rings (SSSR count). The molecule has 0 fully saturated rings. The van der Waals surface area contributed by atoms with Crippen molar-refractivity contribution in [3.8, 4) is 0 Å². The first-order valence-electron chi connectivity index (χ1n) is 6.64. The van der Waals surface area contributed by atoms with Crippen LogP contribution in [0.4, 0.5) is 0 Å². The lowest BCUT2D eigenvalue weighted by Crippen LogP contribution is -2.51. The van der Waals surface area contributed by atoms with Gasteiger partial charge in [-0.15, -0.1) is 11.3 Å². The Morgan fingerprint density at radius 3 is 2.95 bits per heavy atom. The second kappa shape index (κ2) is 4.66. The van der Waals surface area contributed by atoms with Crippen molar-refractivity contribution in [2.45, 2.75) is 39.3 Å². The molecular weight excluding hydrogens is 270 g/mol. The molecule has 0 spiro atoms. The third-order valence-electron chi connectivity index (χ3n) is 3.72. The summed E-state index contributed by atoms with van der Waals surface area (Å²) in [6.45, 7) is 6.72. The molecule has 0 unspecified atom stereocenters. The fourth-order valence-electron chi connectivity index (χ4n) is 2.60. The van der Waals surface area contributed by atoms with Gasteiger partial charge in [0.05, 0.1) is 6.54 Å². The Hall–Kier alpha value is -1.75. The summed E-state index contributed by atoms with van der Waals surface area (Å²) in [4.78, 5) is 24.2. The van der Waals surface area contributed by atoms with Crippen LogP contribution in [0, 0.1) is 6.92 Å². The van der Waals surface area contributed by atoms with Crippen LogP contribution in [0.5, 0.6) is 0 Å². The van der Waals surface area contributed by atoms with Crippen molar-refractivity contribution >= 4 is 17.2 Å². The van der Waals surface area contributed by atoms with Gasteiger partial charge in [-0.1, -0.05) is 0 Å². The van der Waals surface area contributed by atoms with Gasteiger partial charge in [0.25, 0.3) is 5.91 Å². The minimum absolute atomic E-state index is 0.0854. The molecular formula is C15H17N3OS. The monoisotopic (exact) mass is 287 g/mol. The third kappa shape index (κ3) is 2.22. The van der Waals surface area contributed by atoms with Gasteiger partial charge in [0.1, 0.15) is 0 Å². The number of thiophene rings is 1. The number of carbonyl (C=O) groups is 1. The van der Waals surface area contributed by atoms with E-state index >= 15 is 0 Å². The average Bonchev–Trinajstić information content (AvgIpc) is 2.82. The number of fused-ring (bicyclic) bond motifs is 1. The van der Waals surface area contributed by atoms with E-state index in [0.717, 1.165) is 12.1 Å². The quantitative estimate of drug-likeness (QED) is 0.810. The first-order valence-corrected chi connectivity index (χ1v) is 7.52. The zero-order valence-electron chi connectivity index (χ0n) is 11.9. The van der Waals surface area contributed by atoms with E-state index < -0.39 is 0 Å². The summed E-state index contributed by atoms with van der Waals surface area (Å²) >= 11 is 1.71. The van der Waals surface area contributed by atoms with Crippen LogP contribution in [0.2, 0.25) is 0 Å². The van der Waals surface area contributed by atoms with Crippen LogP contribution in [-0.2, 0) is 13.0 Å². The summed E-state index contributed by atoms with van der Waals surface area (Å²) in [6, 6.07) is 3.96. The maximum Gasteiger partial charge on any atom is 0.292 e. The van der Waals surface area contributed by atoms with Crippen molar-refractivity contribution in [1.82, 2.24) is 14.9 Å². The number of aromatic nitrogens is 2. The Morgan fingerprint density at radius 2 is 2.20 bits per heavy atom. The molecule has 0 saturated carbocycles. The molecule has 0 aliphatic carbocycles. The van der Waals surface area contributed by atoms with Gasteiger partial charge in [-0.2, -0.15) is 0 Å². The summed E-state index contributed by atoms with van der Waals surface area (Å²) in [7, 11) is 0. The van der Waals surface area contributed by atoms with Crippen molar-refractivity contribution in [2.75, 3.05) is 0 Å². The summed E-state index contributed by atoms with van der Waals surface area (Å²) in [5.74, 6) is 0.204. The van der Waals surface area contributed by atoms with Crippen LogP contribution in [0.3, 0.4) is 0 Å². The SMILES string of the molecule is Cc1ccnc(C(=O)N2Cc3sccc3CC2(C)C)n1. The normalized spacial score (nSPS) is 16.9. The van der Waals surface area contributed by atoms with Gasteiger partial charge in [0, 0.05) is 22.3 Å². The molecule has 20 heavy (non-hydrogen) atoms. The molecule has 1 aliphatic rings. The van der Waals surface area contributed by atoms with Crippen molar-refractivity contribution in [1.29, 1.82) is 0 Å². The molecule has 0 aromatic carbocycles. The average molecular weight is 287 g/mol. The number of nitrogens with zero attached hydrogens (tertiary/aromatic N) is 3. The van der Waals surface area contributed by atoms with Gasteiger partial charge >= 0.3 is 0 Å². The van der Waals surface area contributed by atoms with Gasteiger partial charge < -0.3 is 4.90 Å². The zero-order chi connectivity index (χ0) is 14.3. The number of hydrogen-bond donors (Lipinski definition) is 0. The molecule has 5 heteroatoms. The lowest BCUT2D eigenvalue weighted by atomic mass is 9.89. The molecule has 0 saturated heterocycles. The van der Waals surface area contributed by atoms with E-state index in [9.17, 15) is 4.79 Å². The molecule has 0 atom stereocenters. The molecule has 104 valence electrons. The van der Waals surface area contributed by atoms with Crippen LogP contribution in [0.25, 0.3) is 0 Å². The van der Waals surface area contributed by atoms with Crippen LogP contribution in [0.1, 0.15) is 40.6 Å². The fraction of sp³-hybridized carbons (Fsp3) is 0.400. The number of carbonyl (C=O) groups excluding carboxylic acids is 1. The van der Waals surface area contributed by atoms with Crippen LogP contribution in [-0.4, -0.2) is 26.3 Å². The molecule has 3 heterocycles. The van der Waals surface area contributed by atoms with Gasteiger partial charge in [-0.05, 0) is 50.3 Å². The highest BCUT2D eigenvalue weighted by molar-refractivity contribution is 7.10. The third-order valence-corrected chi connectivity index (χ3v) is 4.67. The maximum absolute atomic E-state index is 12.7. The van der Waals surface area contributed by atoms with Crippen molar-refractivity contribution in [3.05, 3.63) is 45.7 Å². The molecule has 0 radical (unpaired) electrons. The number of hydrogen-bond acceptors (Lipinski definition) is 4. The van der Waals surface area contributed by atoms with E-state index in [4.69, 9.17) is 0 Å². The Labute approximate surface area is 122 Å². The number of aryl methyl sites for hydroxylation is 1. The first-order chi connectivity index (χ1) is 9.47. The minimum Gasteiger partial charge on any atom is -0.325 e. The minimum atomic E-state index is -0.210. The van der Waals surface area contributed by atoms with Gasteiger partial charge in [0.2, 0.25) is 5.82 Å². The largest absolute Gasteiger partial charge is 0.325 e. The van der Waals surface area contributed by atoms with Crippen LogP contribution < -0.4 is 0 Å². The van der Waals surface area contributed by atoms with Crippen LogP contribution >= 0.6 is 11.3 Å². The molecule has 4 nitrogen and oxygen atoms in total. The Morgan fingerprint density at radius 1 is 1.40 bits per heavy atom. The Kier molecular flexibility index (Phi) is 3.09. The lowest BCUT2D eigenvalue weighted by Gasteiger charge is -2.41. The zero-order valence-corrected chi connectivity index (χ0v) is 12.7. The first kappa shape index (κ1) is 13.2. The highest BCUT2D eigenvalue weighted by atomic mass is 32.1. The smallest absolute Gasteiger partial charge is 0.292 e. The molecule has 1 aliphatic heterocycles. The highest BCUT2D eigenvalue weighted by Gasteiger charge is 2.37. The summed E-state index contributed by atoms with van der Waals surface area (Å²) in [5.41, 5.74) is 1.96. The highest BCUT2D eigenvalue weighted by Crippen LogP contribution is 2.34.